The molecule has 3 heterocycles. The van der Waals surface area contributed by atoms with Crippen molar-refractivity contribution in [2.24, 2.45) is 0 Å². The smallest absolute Gasteiger partial charge is 0.193 e. The van der Waals surface area contributed by atoms with Gasteiger partial charge < -0.3 is 15.6 Å². The largest absolute Gasteiger partial charge is 0.372 e. The number of nitrogens with two attached hydrogens (primary N) is 1. The van der Waals surface area contributed by atoms with Crippen LogP contribution in [0.15, 0.2) is 48.7 Å². The van der Waals surface area contributed by atoms with Crippen LogP contribution in [0.2, 0.25) is 0 Å². The average Bonchev–Trinajstić information content (AvgIpc) is 3.28. The van der Waals surface area contributed by atoms with Gasteiger partial charge in [0.25, 0.3) is 0 Å². The Labute approximate surface area is 222 Å². The number of hydrogen-bond donors (Lipinski definition) is 1. The molecule has 2 N–H and O–H groups in total. The number of benzene rings is 2. The minimum absolute atomic E-state index is 0.0903. The Morgan fingerprint density at radius 3 is 2.54 bits per heavy atom. The molecule has 37 heavy (non-hydrogen) atoms. The molecule has 0 spiro atoms. The molecule has 2 atom stereocenters. The van der Waals surface area contributed by atoms with E-state index < -0.39 is 0 Å². The Morgan fingerprint density at radius 1 is 0.973 bits per heavy atom. The highest BCUT2D eigenvalue weighted by molar-refractivity contribution is 6.11. The van der Waals surface area contributed by atoms with Crippen molar-refractivity contribution in [1.82, 2.24) is 9.58 Å². The first-order valence-electron chi connectivity index (χ1n) is 14.6. The lowest BCUT2D eigenvalue weighted by molar-refractivity contribution is 0.0977. The highest BCUT2D eigenvalue weighted by Crippen LogP contribution is 2.39. The van der Waals surface area contributed by atoms with Crippen molar-refractivity contribution in [2.75, 3.05) is 36.9 Å². The fourth-order valence-electron chi connectivity index (χ4n) is 6.50. The van der Waals surface area contributed by atoms with E-state index in [1.807, 2.05) is 24.3 Å². The van der Waals surface area contributed by atoms with Crippen LogP contribution in [0.25, 0.3) is 10.9 Å². The van der Waals surface area contributed by atoms with Gasteiger partial charge in [0.2, 0.25) is 0 Å². The minimum atomic E-state index is 0.0903. The van der Waals surface area contributed by atoms with Gasteiger partial charge in [0, 0.05) is 47.5 Å². The number of nitrogen functional groups attached to an aromatic ring is 1. The summed E-state index contributed by atoms with van der Waals surface area (Å²) >= 11 is 0. The molecule has 2 aliphatic rings. The van der Waals surface area contributed by atoms with Gasteiger partial charge in [0.15, 0.2) is 5.78 Å². The molecule has 0 radical (unpaired) electrons. The van der Waals surface area contributed by atoms with Gasteiger partial charge in [-0.3, -0.25) is 9.47 Å². The molecular formula is C32H44N4O. The minimum Gasteiger partial charge on any atom is -0.372 e. The lowest BCUT2D eigenvalue weighted by atomic mass is 9.82. The Balaban J connectivity index is 1.41. The summed E-state index contributed by atoms with van der Waals surface area (Å²) < 4.78 is 1.76. The molecule has 0 saturated carbocycles. The number of aromatic nitrogens is 1. The van der Waals surface area contributed by atoms with Crippen molar-refractivity contribution >= 4 is 22.4 Å². The summed E-state index contributed by atoms with van der Waals surface area (Å²) in [5.74, 6) is 7.00. The molecule has 2 fully saturated rings. The number of fused-ring (bicyclic) bond motifs is 2. The van der Waals surface area contributed by atoms with E-state index >= 15 is 0 Å². The van der Waals surface area contributed by atoms with Crippen LogP contribution in [0.5, 0.6) is 0 Å². The molecule has 2 saturated heterocycles. The van der Waals surface area contributed by atoms with Crippen molar-refractivity contribution < 1.29 is 4.79 Å². The zero-order chi connectivity index (χ0) is 25.8. The number of piperidine rings is 2. The fraction of sp³-hybridized carbons (Fsp3) is 0.531. The number of nitrogens with zero attached hydrogens (tertiary/aromatic N) is 3. The molecule has 0 bridgehead atoms. The van der Waals surface area contributed by atoms with Crippen LogP contribution in [0.1, 0.15) is 99.0 Å². The Kier molecular flexibility index (Phi) is 8.19. The lowest BCUT2D eigenvalue weighted by Gasteiger charge is -2.42. The van der Waals surface area contributed by atoms with Crippen molar-refractivity contribution in [1.29, 1.82) is 0 Å². The second-order valence-corrected chi connectivity index (χ2v) is 11.2. The molecule has 5 heteroatoms. The van der Waals surface area contributed by atoms with Crippen LogP contribution < -0.4 is 10.7 Å². The van der Waals surface area contributed by atoms with E-state index in [-0.39, 0.29) is 5.78 Å². The molecule has 2 aliphatic heterocycles. The van der Waals surface area contributed by atoms with Gasteiger partial charge in [-0.05, 0) is 93.4 Å². The van der Waals surface area contributed by atoms with Gasteiger partial charge >= 0.3 is 0 Å². The van der Waals surface area contributed by atoms with Crippen molar-refractivity contribution in [3.05, 3.63) is 65.4 Å². The number of carbonyl (C=O) groups is 1. The van der Waals surface area contributed by atoms with Crippen molar-refractivity contribution in [2.45, 2.75) is 83.6 Å². The third-order valence-corrected chi connectivity index (χ3v) is 8.67. The van der Waals surface area contributed by atoms with Crippen molar-refractivity contribution in [3.8, 4) is 0 Å². The van der Waals surface area contributed by atoms with Crippen LogP contribution in [0.4, 0.5) is 5.69 Å². The van der Waals surface area contributed by atoms with E-state index in [0.717, 1.165) is 53.6 Å². The van der Waals surface area contributed by atoms with E-state index in [1.54, 1.807) is 4.68 Å². The summed E-state index contributed by atoms with van der Waals surface area (Å²) in [6.45, 7) is 8.96. The van der Waals surface area contributed by atoms with Crippen LogP contribution in [0, 0.1) is 0 Å². The molecule has 3 aromatic rings. The van der Waals surface area contributed by atoms with Gasteiger partial charge in [-0.25, -0.2) is 0 Å². The van der Waals surface area contributed by atoms with E-state index in [9.17, 15) is 4.79 Å². The zero-order valence-corrected chi connectivity index (χ0v) is 22.8. The number of carbonyl (C=O) groups excluding carboxylic acids is 1. The quantitative estimate of drug-likeness (QED) is 0.248. The summed E-state index contributed by atoms with van der Waals surface area (Å²) in [5.41, 5.74) is 5.00. The van der Waals surface area contributed by atoms with Gasteiger partial charge in [0.05, 0.1) is 5.52 Å². The highest BCUT2D eigenvalue weighted by atomic mass is 16.1. The molecule has 2 aromatic carbocycles. The maximum Gasteiger partial charge on any atom is 0.193 e. The average molecular weight is 501 g/mol. The van der Waals surface area contributed by atoms with Crippen LogP contribution in [-0.4, -0.2) is 47.6 Å². The molecule has 5 nitrogen and oxygen atoms in total. The van der Waals surface area contributed by atoms with Crippen LogP contribution in [-0.2, 0) is 0 Å². The number of anilines is 1. The summed E-state index contributed by atoms with van der Waals surface area (Å²) in [7, 11) is 0. The summed E-state index contributed by atoms with van der Waals surface area (Å²) in [5, 5.41) is 1.14. The zero-order valence-electron chi connectivity index (χ0n) is 22.8. The topological polar surface area (TPSA) is 54.5 Å². The highest BCUT2D eigenvalue weighted by Gasteiger charge is 2.32. The first-order chi connectivity index (χ1) is 18.1. The lowest BCUT2D eigenvalue weighted by Crippen LogP contribution is -2.44. The third-order valence-electron chi connectivity index (χ3n) is 8.67. The number of ketones is 1. The SMILES string of the molecule is CCCCN(CCCC)c1cccc(C(=O)c2ccc3c(c2)c(C2CCN4CCCCC4C2)cn3N)c1. The molecule has 2 unspecified atom stereocenters. The summed E-state index contributed by atoms with van der Waals surface area (Å²) in [6, 6.07) is 15.0. The predicted molar refractivity (Wildman–Crippen MR) is 155 cm³/mol. The van der Waals surface area contributed by atoms with Gasteiger partial charge in [-0.1, -0.05) is 45.2 Å². The summed E-state index contributed by atoms with van der Waals surface area (Å²) in [4.78, 5) is 18.8. The second-order valence-electron chi connectivity index (χ2n) is 11.2. The predicted octanol–water partition coefficient (Wildman–Crippen LogP) is 6.72. The second kappa shape index (κ2) is 11.7. The van der Waals surface area contributed by atoms with Gasteiger partial charge in [0.1, 0.15) is 0 Å². The Bertz CT molecular complexity index is 1210. The Hall–Kier alpha value is -2.79. The monoisotopic (exact) mass is 500 g/mol. The molecule has 5 rings (SSSR count). The van der Waals surface area contributed by atoms with E-state index in [0.29, 0.717) is 12.0 Å². The first-order valence-corrected chi connectivity index (χ1v) is 14.6. The van der Waals surface area contributed by atoms with Gasteiger partial charge in [-0.2, -0.15) is 0 Å². The third kappa shape index (κ3) is 5.57. The molecule has 0 amide bonds. The number of hydrogen-bond acceptors (Lipinski definition) is 4. The molecule has 1 aromatic heterocycles. The first kappa shape index (κ1) is 25.8. The number of rotatable bonds is 10. The van der Waals surface area contributed by atoms with E-state index in [2.05, 4.69) is 48.0 Å². The van der Waals surface area contributed by atoms with Crippen LogP contribution in [0.3, 0.4) is 0 Å². The van der Waals surface area contributed by atoms with Gasteiger partial charge in [-0.15, -0.1) is 0 Å². The standard InChI is InChI=1S/C32H44N4O/c1-3-5-16-34(17-6-4-2)28-12-9-10-25(21-28)32(37)26-13-14-31-29(22-26)30(23-36(31)33)24-15-19-35-18-8-7-11-27(35)20-24/h9-10,12-14,21-24,27H,3-8,11,15-20,33H2,1-2H3. The normalized spacial score (nSPS) is 20.2. The molecule has 198 valence electrons. The van der Waals surface area contributed by atoms with Crippen LogP contribution >= 0.6 is 0 Å². The maximum atomic E-state index is 13.7. The van der Waals surface area contributed by atoms with Crippen molar-refractivity contribution in [3.63, 3.8) is 0 Å². The Morgan fingerprint density at radius 2 is 1.76 bits per heavy atom. The fourth-order valence-corrected chi connectivity index (χ4v) is 6.50. The molecular weight excluding hydrogens is 456 g/mol. The maximum absolute atomic E-state index is 13.7. The van der Waals surface area contributed by atoms with E-state index in [1.165, 1.54) is 63.6 Å². The number of unbranched alkanes of at least 4 members (excludes halogenated alkanes) is 2. The summed E-state index contributed by atoms with van der Waals surface area (Å²) in [6.07, 6.45) is 13.1. The molecule has 0 aliphatic carbocycles. The van der Waals surface area contributed by atoms with E-state index in [4.69, 9.17) is 5.84 Å².